The number of hydrogen-bond donors (Lipinski definition) is 0. The van der Waals surface area contributed by atoms with Crippen molar-refractivity contribution in [1.82, 2.24) is 9.55 Å². The first-order chi connectivity index (χ1) is 9.69. The first-order valence-corrected chi connectivity index (χ1v) is 8.32. The molecule has 0 bridgehead atoms. The van der Waals surface area contributed by atoms with Gasteiger partial charge in [-0.2, -0.15) is 0 Å². The molecule has 1 atom stereocenters. The van der Waals surface area contributed by atoms with Crippen LogP contribution in [0.1, 0.15) is 18.7 Å². The molecule has 1 aromatic heterocycles. The fourth-order valence-electron chi connectivity index (χ4n) is 2.60. The summed E-state index contributed by atoms with van der Waals surface area (Å²) in [5.41, 5.74) is 1.90. The van der Waals surface area contributed by atoms with E-state index in [-0.39, 0.29) is 0 Å². The van der Waals surface area contributed by atoms with Gasteiger partial charge in [0.1, 0.15) is 11.6 Å². The lowest BCUT2D eigenvalue weighted by Gasteiger charge is -2.11. The van der Waals surface area contributed by atoms with Crippen molar-refractivity contribution >= 4 is 10.8 Å². The minimum Gasteiger partial charge on any atom is -0.496 e. The minimum atomic E-state index is -1.00. The number of nitrogens with zero attached hydrogens (tertiary/aromatic N) is 2. The highest BCUT2D eigenvalue weighted by atomic mass is 32.2. The third kappa shape index (κ3) is 2.38. The van der Waals surface area contributed by atoms with Gasteiger partial charge in [0.2, 0.25) is 0 Å². The molecule has 1 aliphatic rings. The van der Waals surface area contributed by atoms with Gasteiger partial charge in [0.15, 0.2) is 0 Å². The summed E-state index contributed by atoms with van der Waals surface area (Å²) in [6.07, 6.45) is 7.23. The van der Waals surface area contributed by atoms with Gasteiger partial charge in [-0.25, -0.2) is 4.98 Å². The van der Waals surface area contributed by atoms with Crippen LogP contribution in [-0.4, -0.2) is 27.1 Å². The molecular weight excluding hydrogens is 272 g/mol. The van der Waals surface area contributed by atoms with Crippen molar-refractivity contribution in [2.45, 2.75) is 30.7 Å². The Morgan fingerprint density at radius 3 is 2.90 bits per heavy atom. The summed E-state index contributed by atoms with van der Waals surface area (Å²) in [4.78, 5) is 5.48. The lowest BCUT2D eigenvalue weighted by Crippen LogP contribution is -2.08. The molecule has 0 aliphatic carbocycles. The van der Waals surface area contributed by atoms with E-state index in [4.69, 9.17) is 9.72 Å². The molecule has 0 amide bonds. The molecule has 20 heavy (non-hydrogen) atoms. The van der Waals surface area contributed by atoms with Crippen LogP contribution < -0.4 is 4.74 Å². The van der Waals surface area contributed by atoms with Crippen molar-refractivity contribution in [3.05, 3.63) is 30.2 Å². The van der Waals surface area contributed by atoms with Crippen LogP contribution in [0.5, 0.6) is 5.75 Å². The Hall–Kier alpha value is -1.62. The molecule has 0 saturated heterocycles. The second-order valence-electron chi connectivity index (χ2n) is 5.01. The Bertz CT molecular complexity index is 640. The number of aromatic nitrogens is 2. The first-order valence-electron chi connectivity index (χ1n) is 6.77. The molecule has 1 aliphatic heterocycles. The summed E-state index contributed by atoms with van der Waals surface area (Å²) >= 11 is 0. The Labute approximate surface area is 121 Å². The van der Waals surface area contributed by atoms with Crippen molar-refractivity contribution in [2.75, 3.05) is 13.4 Å². The normalized spacial score (nSPS) is 15.7. The summed E-state index contributed by atoms with van der Waals surface area (Å²) in [6.45, 7) is 1.04. The van der Waals surface area contributed by atoms with E-state index in [1.165, 1.54) is 12.8 Å². The molecule has 0 spiro atoms. The lowest BCUT2D eigenvalue weighted by molar-refractivity contribution is 0.415. The number of aryl methyl sites for hydroxylation is 2. The van der Waals surface area contributed by atoms with Gasteiger partial charge in [-0.1, -0.05) is 0 Å². The third-order valence-corrected chi connectivity index (χ3v) is 4.61. The molecule has 2 aromatic rings. The summed E-state index contributed by atoms with van der Waals surface area (Å²) in [5, 5.41) is 0. The molecule has 0 radical (unpaired) electrons. The maximum atomic E-state index is 11.6. The maximum absolute atomic E-state index is 11.6. The number of imidazole rings is 1. The van der Waals surface area contributed by atoms with Crippen molar-refractivity contribution in [2.24, 2.45) is 0 Å². The van der Waals surface area contributed by atoms with Gasteiger partial charge in [0.05, 0.1) is 12.8 Å². The van der Waals surface area contributed by atoms with Crippen molar-refractivity contribution in [3.63, 3.8) is 0 Å². The Morgan fingerprint density at radius 1 is 1.35 bits per heavy atom. The average Bonchev–Trinajstić information content (AvgIpc) is 2.90. The SMILES string of the molecule is COc1cc(S(C)=O)ccc1-c1cn2c(n1)CCCC2. The number of hydrogen-bond acceptors (Lipinski definition) is 3. The topological polar surface area (TPSA) is 44.1 Å². The van der Waals surface area contributed by atoms with Crippen molar-refractivity contribution in [1.29, 1.82) is 0 Å². The quantitative estimate of drug-likeness (QED) is 0.873. The van der Waals surface area contributed by atoms with Crippen LogP contribution in [0.2, 0.25) is 0 Å². The fraction of sp³-hybridized carbons (Fsp3) is 0.400. The Morgan fingerprint density at radius 2 is 2.20 bits per heavy atom. The van der Waals surface area contributed by atoms with Crippen molar-refractivity contribution < 1.29 is 8.95 Å². The average molecular weight is 290 g/mol. The van der Waals surface area contributed by atoms with E-state index in [2.05, 4.69) is 10.8 Å². The second kappa shape index (κ2) is 5.40. The van der Waals surface area contributed by atoms with Crippen LogP contribution in [-0.2, 0) is 23.8 Å². The fourth-order valence-corrected chi connectivity index (χ4v) is 3.14. The van der Waals surface area contributed by atoms with Gasteiger partial charge in [-0.15, -0.1) is 0 Å². The van der Waals surface area contributed by atoms with E-state index in [0.717, 1.165) is 40.7 Å². The minimum absolute atomic E-state index is 0.730. The second-order valence-corrected chi connectivity index (χ2v) is 6.39. The van der Waals surface area contributed by atoms with E-state index in [1.54, 1.807) is 13.4 Å². The number of ether oxygens (including phenoxy) is 1. The predicted octanol–water partition coefficient (Wildman–Crippen LogP) is 2.63. The van der Waals surface area contributed by atoms with Crippen LogP contribution in [0.4, 0.5) is 0 Å². The van der Waals surface area contributed by atoms with E-state index in [0.29, 0.717) is 0 Å². The zero-order valence-corrected chi connectivity index (χ0v) is 12.6. The molecule has 0 N–H and O–H groups in total. The van der Waals surface area contributed by atoms with Gasteiger partial charge >= 0.3 is 0 Å². The predicted molar refractivity (Wildman–Crippen MR) is 79.5 cm³/mol. The van der Waals surface area contributed by atoms with Gasteiger partial charge in [0, 0.05) is 46.7 Å². The molecule has 2 heterocycles. The first kappa shape index (κ1) is 13.4. The number of methoxy groups -OCH3 is 1. The molecule has 4 nitrogen and oxygen atoms in total. The zero-order chi connectivity index (χ0) is 14.1. The van der Waals surface area contributed by atoms with E-state index in [9.17, 15) is 4.21 Å². The lowest BCUT2D eigenvalue weighted by atomic mass is 10.1. The van der Waals surface area contributed by atoms with E-state index in [1.807, 2.05) is 18.2 Å². The molecule has 1 aromatic carbocycles. The molecule has 1 unspecified atom stereocenters. The van der Waals surface area contributed by atoms with Gasteiger partial charge in [-0.3, -0.25) is 4.21 Å². The highest BCUT2D eigenvalue weighted by Crippen LogP contribution is 2.32. The summed E-state index contributed by atoms with van der Waals surface area (Å²) < 4.78 is 19.2. The highest BCUT2D eigenvalue weighted by Gasteiger charge is 2.16. The van der Waals surface area contributed by atoms with Crippen LogP contribution >= 0.6 is 0 Å². The smallest absolute Gasteiger partial charge is 0.129 e. The summed E-state index contributed by atoms with van der Waals surface area (Å²) in [5.74, 6) is 1.88. The number of fused-ring (bicyclic) bond motifs is 1. The number of benzene rings is 1. The van der Waals surface area contributed by atoms with Gasteiger partial charge in [0.25, 0.3) is 0 Å². The van der Waals surface area contributed by atoms with Gasteiger partial charge < -0.3 is 9.30 Å². The van der Waals surface area contributed by atoms with E-state index < -0.39 is 10.8 Å². The molecule has 0 saturated carbocycles. The summed E-state index contributed by atoms with van der Waals surface area (Å²) in [7, 11) is 0.633. The molecule has 5 heteroatoms. The maximum Gasteiger partial charge on any atom is 0.129 e. The van der Waals surface area contributed by atoms with Gasteiger partial charge in [-0.05, 0) is 31.0 Å². The third-order valence-electron chi connectivity index (χ3n) is 3.69. The van der Waals surface area contributed by atoms with E-state index >= 15 is 0 Å². The van der Waals surface area contributed by atoms with Crippen LogP contribution in [0.15, 0.2) is 29.3 Å². The monoisotopic (exact) mass is 290 g/mol. The molecule has 106 valence electrons. The Balaban J connectivity index is 2.05. The van der Waals surface area contributed by atoms with Crippen LogP contribution in [0.25, 0.3) is 11.3 Å². The zero-order valence-electron chi connectivity index (χ0n) is 11.8. The van der Waals surface area contributed by atoms with Crippen LogP contribution in [0.3, 0.4) is 0 Å². The Kier molecular flexibility index (Phi) is 3.61. The molecular formula is C15H18N2O2S. The standard InChI is InChI=1S/C15H18N2O2S/c1-19-14-9-11(20(2)18)6-7-12(14)13-10-17-8-4-3-5-15(17)16-13/h6-7,9-10H,3-5,8H2,1-2H3. The summed E-state index contributed by atoms with van der Waals surface area (Å²) in [6, 6.07) is 5.67. The van der Waals surface area contributed by atoms with Crippen LogP contribution in [0, 0.1) is 0 Å². The molecule has 3 rings (SSSR count). The largest absolute Gasteiger partial charge is 0.496 e. The highest BCUT2D eigenvalue weighted by molar-refractivity contribution is 7.84. The molecule has 0 fully saturated rings. The number of rotatable bonds is 3. The van der Waals surface area contributed by atoms with Crippen molar-refractivity contribution in [3.8, 4) is 17.0 Å².